The Bertz CT molecular complexity index is 773. The Labute approximate surface area is 130 Å². The minimum absolute atomic E-state index is 0.0921. The number of nitro groups is 2. The quantitative estimate of drug-likeness (QED) is 0.637. The van der Waals surface area contributed by atoms with Gasteiger partial charge in [-0.15, -0.1) is 0 Å². The van der Waals surface area contributed by atoms with Crippen molar-refractivity contribution in [3.05, 3.63) is 86.0 Å². The number of non-ortho nitro benzene ring substituents is 1. The molecular weight excluding hydrogens is 302 g/mol. The van der Waals surface area contributed by atoms with E-state index in [1.54, 1.807) is 30.3 Å². The van der Waals surface area contributed by atoms with Crippen molar-refractivity contribution >= 4 is 11.4 Å². The van der Waals surface area contributed by atoms with E-state index in [0.29, 0.717) is 11.1 Å². The molecule has 1 aliphatic rings. The van der Waals surface area contributed by atoms with Crippen molar-refractivity contribution in [3.8, 4) is 0 Å². The van der Waals surface area contributed by atoms with Gasteiger partial charge in [-0.05, 0) is 12.1 Å². The molecule has 0 saturated heterocycles. The summed E-state index contributed by atoms with van der Waals surface area (Å²) in [5.74, 6) is 0. The summed E-state index contributed by atoms with van der Waals surface area (Å²) in [6.07, 6.45) is -0.823. The summed E-state index contributed by atoms with van der Waals surface area (Å²) in [4.78, 5) is 26.4. The van der Waals surface area contributed by atoms with Crippen LogP contribution in [0.1, 0.15) is 17.2 Å². The summed E-state index contributed by atoms with van der Waals surface area (Å²) in [5, 5.41) is 26.0. The molecule has 8 heteroatoms. The van der Waals surface area contributed by atoms with Crippen LogP contribution < -0.4 is 0 Å². The molecule has 1 aliphatic heterocycles. The van der Waals surface area contributed by atoms with E-state index in [9.17, 15) is 20.2 Å². The normalized spacial score (nSPS) is 19.7. The van der Waals surface area contributed by atoms with Gasteiger partial charge in [0.25, 0.3) is 5.69 Å². The molecule has 0 N–H and O–H groups in total. The zero-order valence-corrected chi connectivity index (χ0v) is 11.7. The predicted octanol–water partition coefficient (Wildman–Crippen LogP) is 2.72. The molecule has 0 unspecified atom stereocenters. The third kappa shape index (κ3) is 2.73. The minimum atomic E-state index is -1.17. The van der Waals surface area contributed by atoms with Crippen molar-refractivity contribution < 1.29 is 14.7 Å². The number of oxime groups is 1. The highest BCUT2D eigenvalue weighted by Gasteiger charge is 2.45. The van der Waals surface area contributed by atoms with Gasteiger partial charge in [0.05, 0.1) is 4.92 Å². The van der Waals surface area contributed by atoms with Crippen molar-refractivity contribution in [2.24, 2.45) is 5.16 Å². The SMILES string of the molecule is O=[N+]([O-])c1ccc(C2=NO[C@H](c3ccccc3)[C@H]2[N+](=O)[O-])cc1. The lowest BCUT2D eigenvalue weighted by Crippen LogP contribution is -2.32. The van der Waals surface area contributed by atoms with E-state index in [0.717, 1.165) is 0 Å². The van der Waals surface area contributed by atoms with E-state index in [-0.39, 0.29) is 11.4 Å². The van der Waals surface area contributed by atoms with Crippen molar-refractivity contribution in [2.75, 3.05) is 0 Å². The Kier molecular flexibility index (Phi) is 3.71. The van der Waals surface area contributed by atoms with Crippen LogP contribution >= 0.6 is 0 Å². The van der Waals surface area contributed by atoms with Gasteiger partial charge in [-0.2, -0.15) is 0 Å². The molecule has 2 aromatic rings. The van der Waals surface area contributed by atoms with Crippen LogP contribution in [0, 0.1) is 20.2 Å². The van der Waals surface area contributed by atoms with Crippen molar-refractivity contribution in [1.82, 2.24) is 0 Å². The van der Waals surface area contributed by atoms with Gasteiger partial charge in [0, 0.05) is 28.2 Å². The summed E-state index contributed by atoms with van der Waals surface area (Å²) in [7, 11) is 0. The number of hydrogen-bond acceptors (Lipinski definition) is 6. The average Bonchev–Trinajstić information content (AvgIpc) is 3.01. The Morgan fingerprint density at radius 2 is 1.61 bits per heavy atom. The maximum Gasteiger partial charge on any atom is 0.301 e. The fourth-order valence-corrected chi connectivity index (χ4v) is 2.44. The van der Waals surface area contributed by atoms with E-state index in [1.807, 2.05) is 0 Å². The third-order valence-electron chi connectivity index (χ3n) is 3.56. The summed E-state index contributed by atoms with van der Waals surface area (Å²) < 4.78 is 0. The molecule has 2 atom stereocenters. The lowest BCUT2D eigenvalue weighted by atomic mass is 9.95. The second-order valence-corrected chi connectivity index (χ2v) is 4.95. The van der Waals surface area contributed by atoms with E-state index in [1.165, 1.54) is 24.3 Å². The van der Waals surface area contributed by atoms with Gasteiger partial charge < -0.3 is 4.84 Å². The summed E-state index contributed by atoms with van der Waals surface area (Å²) in [5.41, 5.74) is 1.13. The molecule has 0 fully saturated rings. The first-order chi connectivity index (χ1) is 11.1. The minimum Gasteiger partial charge on any atom is -0.379 e. The van der Waals surface area contributed by atoms with Crippen LogP contribution in [0.2, 0.25) is 0 Å². The van der Waals surface area contributed by atoms with Crippen molar-refractivity contribution in [2.45, 2.75) is 12.1 Å². The summed E-state index contributed by atoms with van der Waals surface area (Å²) in [6, 6.07) is 13.1. The third-order valence-corrected chi connectivity index (χ3v) is 3.56. The van der Waals surface area contributed by atoms with Crippen LogP contribution in [0.15, 0.2) is 59.8 Å². The first-order valence-electron chi connectivity index (χ1n) is 6.75. The highest BCUT2D eigenvalue weighted by Crippen LogP contribution is 2.32. The number of nitrogens with zero attached hydrogens (tertiary/aromatic N) is 3. The Morgan fingerprint density at radius 1 is 0.957 bits per heavy atom. The maximum atomic E-state index is 11.5. The van der Waals surface area contributed by atoms with Crippen molar-refractivity contribution in [3.63, 3.8) is 0 Å². The first kappa shape index (κ1) is 14.6. The molecule has 2 aromatic carbocycles. The van der Waals surface area contributed by atoms with Gasteiger partial charge >= 0.3 is 6.04 Å². The van der Waals surface area contributed by atoms with E-state index in [2.05, 4.69) is 5.16 Å². The molecule has 0 spiro atoms. The lowest BCUT2D eigenvalue weighted by Gasteiger charge is -2.12. The number of nitro benzene ring substituents is 1. The Balaban J connectivity index is 1.93. The molecule has 0 amide bonds. The highest BCUT2D eigenvalue weighted by atomic mass is 16.7. The topological polar surface area (TPSA) is 108 Å². The fraction of sp³-hybridized carbons (Fsp3) is 0.133. The number of benzene rings is 2. The lowest BCUT2D eigenvalue weighted by molar-refractivity contribution is -0.512. The van der Waals surface area contributed by atoms with Gasteiger partial charge in [0.2, 0.25) is 6.10 Å². The van der Waals surface area contributed by atoms with Crippen LogP contribution in [-0.2, 0) is 4.84 Å². The van der Waals surface area contributed by atoms with E-state index >= 15 is 0 Å². The van der Waals surface area contributed by atoms with Crippen LogP contribution in [-0.4, -0.2) is 21.6 Å². The van der Waals surface area contributed by atoms with Crippen LogP contribution in [0.25, 0.3) is 0 Å². The molecular formula is C15H11N3O5. The number of rotatable bonds is 4. The highest BCUT2D eigenvalue weighted by molar-refractivity contribution is 6.04. The van der Waals surface area contributed by atoms with Gasteiger partial charge in [-0.1, -0.05) is 35.5 Å². The molecule has 0 bridgehead atoms. The maximum absolute atomic E-state index is 11.5. The fourth-order valence-electron chi connectivity index (χ4n) is 2.44. The molecule has 0 radical (unpaired) electrons. The van der Waals surface area contributed by atoms with Gasteiger partial charge in [-0.3, -0.25) is 20.2 Å². The van der Waals surface area contributed by atoms with Gasteiger partial charge in [0.1, 0.15) is 0 Å². The zero-order chi connectivity index (χ0) is 16.4. The first-order valence-corrected chi connectivity index (χ1v) is 6.75. The van der Waals surface area contributed by atoms with Crippen molar-refractivity contribution in [1.29, 1.82) is 0 Å². The molecule has 23 heavy (non-hydrogen) atoms. The average molecular weight is 313 g/mol. The smallest absolute Gasteiger partial charge is 0.301 e. The van der Waals surface area contributed by atoms with Crippen LogP contribution in [0.5, 0.6) is 0 Å². The molecule has 0 saturated carbocycles. The zero-order valence-electron chi connectivity index (χ0n) is 11.7. The monoisotopic (exact) mass is 313 g/mol. The molecule has 3 rings (SSSR count). The predicted molar refractivity (Wildman–Crippen MR) is 80.7 cm³/mol. The largest absolute Gasteiger partial charge is 0.379 e. The standard InChI is InChI=1S/C15H11N3O5/c19-17(20)12-8-6-10(7-9-12)13-14(18(21)22)15(23-16-13)11-4-2-1-3-5-11/h1-9,14-15H/t14-,15+/m0/s1. The summed E-state index contributed by atoms with van der Waals surface area (Å²) in [6.45, 7) is 0. The van der Waals surface area contributed by atoms with Gasteiger partial charge in [-0.25, -0.2) is 0 Å². The Morgan fingerprint density at radius 3 is 2.17 bits per heavy atom. The van der Waals surface area contributed by atoms with Crippen LogP contribution in [0.4, 0.5) is 5.69 Å². The van der Waals surface area contributed by atoms with Crippen LogP contribution in [0.3, 0.4) is 0 Å². The summed E-state index contributed by atoms with van der Waals surface area (Å²) >= 11 is 0. The second-order valence-electron chi connectivity index (χ2n) is 4.95. The second kappa shape index (κ2) is 5.84. The Hall–Kier alpha value is -3.29. The molecule has 0 aromatic heterocycles. The number of hydrogen-bond donors (Lipinski definition) is 0. The molecule has 1 heterocycles. The van der Waals surface area contributed by atoms with E-state index in [4.69, 9.17) is 4.84 Å². The van der Waals surface area contributed by atoms with Gasteiger partial charge in [0.15, 0.2) is 5.71 Å². The molecule has 8 nitrogen and oxygen atoms in total. The van der Waals surface area contributed by atoms with E-state index < -0.39 is 22.0 Å². The molecule has 0 aliphatic carbocycles. The molecule has 116 valence electrons.